The van der Waals surface area contributed by atoms with Gasteiger partial charge in [0, 0.05) is 39.6 Å². The molecule has 2 aliphatic heterocycles. The summed E-state index contributed by atoms with van der Waals surface area (Å²) in [7, 11) is 3.45. The Hall–Kier alpha value is -3.29. The smallest absolute Gasteiger partial charge is 0.218 e. The van der Waals surface area contributed by atoms with Gasteiger partial charge in [-0.1, -0.05) is 90.6 Å². The Morgan fingerprint density at radius 3 is 2.31 bits per heavy atom. The Morgan fingerprint density at radius 1 is 1.10 bits per heavy atom. The van der Waals surface area contributed by atoms with E-state index in [0.29, 0.717) is 0 Å². The van der Waals surface area contributed by atoms with Gasteiger partial charge in [-0.3, -0.25) is 4.79 Å². The minimum Gasteiger partial charge on any atom is -0.496 e. The summed E-state index contributed by atoms with van der Waals surface area (Å²) in [5.74, 6) is 7.76. The molecule has 0 saturated carbocycles. The first-order valence-electron chi connectivity index (χ1n) is 14.1. The topological polar surface area (TPSA) is 32.8 Å². The molecule has 2 heterocycles. The highest BCUT2D eigenvalue weighted by Crippen LogP contribution is 2.26. The highest BCUT2D eigenvalue weighted by Gasteiger charge is 2.16. The van der Waals surface area contributed by atoms with Gasteiger partial charge in [0.15, 0.2) is 0 Å². The fourth-order valence-corrected chi connectivity index (χ4v) is 3.78. The van der Waals surface area contributed by atoms with E-state index in [1.165, 1.54) is 67.4 Å². The lowest BCUT2D eigenvalue weighted by Gasteiger charge is -2.26. The molecular formula is C35H50N2O2. The second-order valence-electron chi connectivity index (χ2n) is 10.1. The SMILES string of the molecule is C1#CC(CCN2CCCCC2)=CC2=C(C1)OCC2.C=C(C)/C=C\C=C/C.CC(=O)N(C)C.Cc1ccccc1. The first kappa shape index (κ1) is 33.7. The van der Waals surface area contributed by atoms with Crippen molar-refractivity contribution in [3.63, 3.8) is 0 Å². The van der Waals surface area contributed by atoms with Crippen LogP contribution in [0.25, 0.3) is 0 Å². The number of hydrogen-bond donors (Lipinski definition) is 0. The minimum atomic E-state index is 0.0926. The summed E-state index contributed by atoms with van der Waals surface area (Å²) in [6.45, 7) is 15.8. The summed E-state index contributed by atoms with van der Waals surface area (Å²) < 4.78 is 5.60. The van der Waals surface area contributed by atoms with Gasteiger partial charge in [-0.2, -0.15) is 0 Å². The Morgan fingerprint density at radius 2 is 1.77 bits per heavy atom. The summed E-state index contributed by atoms with van der Waals surface area (Å²) >= 11 is 0. The standard InChI is InChI=1S/C16H21NO.C8H12.C7H8.C4H9NO/c1-2-9-17(10-3-1)11-7-14-5-4-6-16-15(13-14)8-12-18-16;1-4-5-6-7-8(2)3;1-7-5-3-2-4-6-7;1-4(6)5(2)3/h13H,1-3,6-12H2;4-7H,2H2,1,3H3;2-6H,1H3;1-3H3/b;5-4-,7-6-;;. The molecule has 0 spiro atoms. The lowest BCUT2D eigenvalue weighted by atomic mass is 10.1. The van der Waals surface area contributed by atoms with Crippen LogP contribution >= 0.6 is 0 Å². The largest absolute Gasteiger partial charge is 0.496 e. The van der Waals surface area contributed by atoms with Crippen LogP contribution in [0.15, 0.2) is 89.8 Å². The van der Waals surface area contributed by atoms with E-state index in [0.717, 1.165) is 37.2 Å². The molecule has 4 rings (SSSR count). The maximum atomic E-state index is 10.1. The van der Waals surface area contributed by atoms with Crippen molar-refractivity contribution in [3.05, 3.63) is 95.3 Å². The molecule has 212 valence electrons. The van der Waals surface area contributed by atoms with E-state index >= 15 is 0 Å². The number of benzene rings is 1. The molecule has 1 aliphatic carbocycles. The van der Waals surface area contributed by atoms with Gasteiger partial charge in [-0.15, -0.1) is 0 Å². The number of piperidine rings is 1. The van der Waals surface area contributed by atoms with E-state index in [9.17, 15) is 4.79 Å². The van der Waals surface area contributed by atoms with Crippen molar-refractivity contribution in [3.8, 4) is 11.8 Å². The molecule has 0 N–H and O–H groups in total. The molecule has 0 atom stereocenters. The lowest BCUT2D eigenvalue weighted by molar-refractivity contribution is -0.126. The van der Waals surface area contributed by atoms with E-state index in [1.807, 2.05) is 56.4 Å². The number of ether oxygens (including phenoxy) is 1. The number of carbonyl (C=O) groups excluding carboxylic acids is 1. The van der Waals surface area contributed by atoms with E-state index in [1.54, 1.807) is 14.1 Å². The highest BCUT2D eigenvalue weighted by molar-refractivity contribution is 5.72. The number of hydrogen-bond acceptors (Lipinski definition) is 3. The minimum absolute atomic E-state index is 0.0926. The monoisotopic (exact) mass is 530 g/mol. The number of amides is 1. The third kappa shape index (κ3) is 17.0. The van der Waals surface area contributed by atoms with Gasteiger partial charge in [0.05, 0.1) is 13.0 Å². The van der Waals surface area contributed by atoms with Gasteiger partial charge in [-0.25, -0.2) is 0 Å². The number of rotatable bonds is 5. The zero-order valence-corrected chi connectivity index (χ0v) is 25.3. The zero-order chi connectivity index (χ0) is 28.9. The second kappa shape index (κ2) is 20.6. The number of aryl methyl sites for hydroxylation is 1. The normalized spacial score (nSPS) is 16.0. The molecule has 1 fully saturated rings. The molecule has 0 bridgehead atoms. The quantitative estimate of drug-likeness (QED) is 0.289. The van der Waals surface area contributed by atoms with Gasteiger partial charge in [0.1, 0.15) is 5.76 Å². The molecule has 39 heavy (non-hydrogen) atoms. The molecule has 0 aromatic heterocycles. The predicted molar refractivity (Wildman–Crippen MR) is 167 cm³/mol. The number of nitrogens with zero attached hydrogens (tertiary/aromatic N) is 2. The van der Waals surface area contributed by atoms with Crippen LogP contribution in [0.1, 0.15) is 64.9 Å². The van der Waals surface area contributed by atoms with Crippen molar-refractivity contribution in [2.75, 3.05) is 40.3 Å². The molecular weight excluding hydrogens is 480 g/mol. The van der Waals surface area contributed by atoms with Crippen LogP contribution in [0.4, 0.5) is 0 Å². The molecule has 4 nitrogen and oxygen atoms in total. The summed E-state index contributed by atoms with van der Waals surface area (Å²) in [5, 5.41) is 0. The Bertz CT molecular complexity index is 1040. The average molecular weight is 531 g/mol. The Labute approximate surface area is 238 Å². The van der Waals surface area contributed by atoms with E-state index in [4.69, 9.17) is 4.74 Å². The molecule has 1 aromatic carbocycles. The predicted octanol–water partition coefficient (Wildman–Crippen LogP) is 7.65. The Balaban J connectivity index is 0.000000302. The Kier molecular flexibility index (Phi) is 17.9. The van der Waals surface area contributed by atoms with Gasteiger partial charge >= 0.3 is 0 Å². The number of likely N-dealkylation sites (tertiary alicyclic amines) is 1. The lowest BCUT2D eigenvalue weighted by Crippen LogP contribution is -2.30. The van der Waals surface area contributed by atoms with Gasteiger partial charge in [0.25, 0.3) is 0 Å². The van der Waals surface area contributed by atoms with Gasteiger partial charge in [0.2, 0.25) is 5.91 Å². The highest BCUT2D eigenvalue weighted by atomic mass is 16.5. The first-order valence-corrected chi connectivity index (χ1v) is 14.1. The fourth-order valence-electron chi connectivity index (χ4n) is 3.78. The van der Waals surface area contributed by atoms with Crippen molar-refractivity contribution in [1.82, 2.24) is 9.80 Å². The summed E-state index contributed by atoms with van der Waals surface area (Å²) in [6, 6.07) is 10.3. The molecule has 1 aromatic rings. The van der Waals surface area contributed by atoms with Crippen molar-refractivity contribution in [2.45, 2.75) is 66.2 Å². The van der Waals surface area contributed by atoms with Crippen LogP contribution in [0.2, 0.25) is 0 Å². The molecule has 3 aliphatic rings. The number of carbonyl (C=O) groups is 1. The van der Waals surface area contributed by atoms with E-state index in [-0.39, 0.29) is 5.91 Å². The van der Waals surface area contributed by atoms with E-state index < -0.39 is 0 Å². The summed E-state index contributed by atoms with van der Waals surface area (Å²) in [4.78, 5) is 14.2. The summed E-state index contributed by atoms with van der Waals surface area (Å²) in [6.07, 6.45) is 17.3. The third-order valence-electron chi connectivity index (χ3n) is 6.25. The number of allylic oxidation sites excluding steroid dienone is 7. The maximum Gasteiger partial charge on any atom is 0.218 e. The van der Waals surface area contributed by atoms with Crippen molar-refractivity contribution >= 4 is 5.91 Å². The van der Waals surface area contributed by atoms with Crippen LogP contribution in [0.5, 0.6) is 0 Å². The summed E-state index contributed by atoms with van der Waals surface area (Å²) in [5.41, 5.74) is 5.09. The molecule has 0 unspecified atom stereocenters. The molecule has 0 radical (unpaired) electrons. The van der Waals surface area contributed by atoms with E-state index in [2.05, 4.69) is 48.5 Å². The van der Waals surface area contributed by atoms with Crippen molar-refractivity contribution in [1.29, 1.82) is 0 Å². The average Bonchev–Trinajstić information content (AvgIpc) is 3.26. The molecule has 1 amide bonds. The van der Waals surface area contributed by atoms with Crippen LogP contribution in [-0.2, 0) is 9.53 Å². The maximum absolute atomic E-state index is 10.1. The van der Waals surface area contributed by atoms with Crippen LogP contribution < -0.4 is 0 Å². The van der Waals surface area contributed by atoms with Crippen LogP contribution in [0, 0.1) is 18.8 Å². The van der Waals surface area contributed by atoms with Crippen LogP contribution in [0.3, 0.4) is 0 Å². The fraction of sp³-hybridized carbons (Fsp3) is 0.457. The van der Waals surface area contributed by atoms with Gasteiger partial charge in [-0.05, 0) is 64.8 Å². The molecule has 4 heteroatoms. The second-order valence-corrected chi connectivity index (χ2v) is 10.1. The van der Waals surface area contributed by atoms with Crippen molar-refractivity contribution in [2.24, 2.45) is 0 Å². The van der Waals surface area contributed by atoms with Crippen molar-refractivity contribution < 1.29 is 9.53 Å². The zero-order valence-electron chi connectivity index (χ0n) is 25.3. The third-order valence-corrected chi connectivity index (χ3v) is 6.25. The molecule has 1 saturated heterocycles. The first-order chi connectivity index (χ1) is 18.7. The van der Waals surface area contributed by atoms with Gasteiger partial charge < -0.3 is 14.5 Å². The van der Waals surface area contributed by atoms with Crippen LogP contribution in [-0.4, -0.2) is 56.0 Å².